The van der Waals surface area contributed by atoms with Crippen LogP contribution in [-0.2, 0) is 9.59 Å². The summed E-state index contributed by atoms with van der Waals surface area (Å²) in [6.45, 7) is 4.50. The van der Waals surface area contributed by atoms with Gasteiger partial charge in [0, 0.05) is 31.9 Å². The van der Waals surface area contributed by atoms with Gasteiger partial charge in [-0.1, -0.05) is 30.3 Å². The largest absolute Gasteiger partial charge is 0.485 e. The number of nitrogens with zero attached hydrogens (tertiary/aromatic N) is 2. The van der Waals surface area contributed by atoms with Crippen LogP contribution >= 0.6 is 0 Å². The van der Waals surface area contributed by atoms with E-state index in [0.717, 1.165) is 5.69 Å². The summed E-state index contributed by atoms with van der Waals surface area (Å²) in [5.41, 5.74) is 0.785. The van der Waals surface area contributed by atoms with E-state index in [1.165, 1.54) is 0 Å². The van der Waals surface area contributed by atoms with E-state index in [4.69, 9.17) is 9.47 Å². The van der Waals surface area contributed by atoms with Gasteiger partial charge in [-0.2, -0.15) is 0 Å². The summed E-state index contributed by atoms with van der Waals surface area (Å²) in [4.78, 5) is 29.2. The second-order valence-corrected chi connectivity index (χ2v) is 7.26. The van der Waals surface area contributed by atoms with Gasteiger partial charge in [-0.05, 0) is 31.2 Å². The van der Waals surface area contributed by atoms with Crippen molar-refractivity contribution in [3.8, 4) is 11.5 Å². The monoisotopic (exact) mass is 395 g/mol. The van der Waals surface area contributed by atoms with Crippen LogP contribution in [-0.4, -0.2) is 66.5 Å². The molecule has 0 spiro atoms. The third-order valence-electron chi connectivity index (χ3n) is 5.38. The van der Waals surface area contributed by atoms with Crippen molar-refractivity contribution in [3.05, 3.63) is 54.6 Å². The molecule has 0 bridgehead atoms. The SMILES string of the molecule is C[C@H](C(=O)Nc1ccccc1)N1CCN(C(=O)[C@@H]2COc3ccccc3O2)CC1. The molecule has 2 aromatic rings. The smallest absolute Gasteiger partial charge is 0.267 e. The Morgan fingerprint density at radius 3 is 2.34 bits per heavy atom. The van der Waals surface area contributed by atoms with Crippen molar-refractivity contribution >= 4 is 17.5 Å². The molecule has 2 aromatic carbocycles. The van der Waals surface area contributed by atoms with Crippen LogP contribution in [0.1, 0.15) is 6.92 Å². The first-order valence-corrected chi connectivity index (χ1v) is 9.89. The Labute approximate surface area is 170 Å². The molecule has 0 saturated carbocycles. The van der Waals surface area contributed by atoms with Crippen molar-refractivity contribution in [3.63, 3.8) is 0 Å². The fourth-order valence-corrected chi connectivity index (χ4v) is 3.61. The summed E-state index contributed by atoms with van der Waals surface area (Å²) in [6.07, 6.45) is -0.629. The minimum absolute atomic E-state index is 0.0448. The van der Waals surface area contributed by atoms with E-state index in [2.05, 4.69) is 10.2 Å². The molecule has 2 atom stereocenters. The lowest BCUT2D eigenvalue weighted by atomic mass is 10.2. The van der Waals surface area contributed by atoms with Gasteiger partial charge in [0.05, 0.1) is 6.04 Å². The number of ether oxygens (including phenoxy) is 2. The van der Waals surface area contributed by atoms with Crippen LogP contribution in [0.4, 0.5) is 5.69 Å². The summed E-state index contributed by atoms with van der Waals surface area (Å²) in [5, 5.41) is 2.94. The van der Waals surface area contributed by atoms with Crippen LogP contribution in [0.2, 0.25) is 0 Å². The number of hydrogen-bond donors (Lipinski definition) is 1. The Morgan fingerprint density at radius 1 is 0.966 bits per heavy atom. The number of carbonyl (C=O) groups is 2. The number of piperazine rings is 1. The van der Waals surface area contributed by atoms with Crippen molar-refractivity contribution in [1.29, 1.82) is 0 Å². The number of fused-ring (bicyclic) bond motifs is 1. The molecule has 2 aliphatic rings. The predicted molar refractivity (Wildman–Crippen MR) is 109 cm³/mol. The Hall–Kier alpha value is -3.06. The van der Waals surface area contributed by atoms with Gasteiger partial charge in [0.1, 0.15) is 6.61 Å². The molecule has 1 N–H and O–H groups in total. The maximum absolute atomic E-state index is 12.8. The number of benzene rings is 2. The van der Waals surface area contributed by atoms with Crippen molar-refractivity contribution in [2.75, 3.05) is 38.1 Å². The number of para-hydroxylation sites is 3. The Balaban J connectivity index is 1.29. The van der Waals surface area contributed by atoms with Crippen LogP contribution < -0.4 is 14.8 Å². The highest BCUT2D eigenvalue weighted by Gasteiger charge is 2.34. The van der Waals surface area contributed by atoms with Crippen molar-refractivity contribution in [2.24, 2.45) is 0 Å². The van der Waals surface area contributed by atoms with Crippen LogP contribution in [0, 0.1) is 0 Å². The van der Waals surface area contributed by atoms with Gasteiger partial charge in [-0.25, -0.2) is 0 Å². The average molecular weight is 395 g/mol. The molecule has 2 amide bonds. The molecule has 7 nitrogen and oxygen atoms in total. The summed E-state index contributed by atoms with van der Waals surface area (Å²) < 4.78 is 11.5. The maximum Gasteiger partial charge on any atom is 0.267 e. The van der Waals surface area contributed by atoms with Crippen LogP contribution in [0.25, 0.3) is 0 Å². The molecule has 0 aliphatic carbocycles. The molecule has 0 unspecified atom stereocenters. The number of nitrogens with one attached hydrogen (secondary N) is 1. The zero-order valence-electron chi connectivity index (χ0n) is 16.4. The van der Waals surface area contributed by atoms with E-state index in [1.807, 2.05) is 55.5 Å². The van der Waals surface area contributed by atoms with E-state index in [1.54, 1.807) is 11.0 Å². The van der Waals surface area contributed by atoms with Gasteiger partial charge in [0.2, 0.25) is 12.0 Å². The molecule has 152 valence electrons. The predicted octanol–water partition coefficient (Wildman–Crippen LogP) is 2.00. The summed E-state index contributed by atoms with van der Waals surface area (Å²) in [6, 6.07) is 16.5. The van der Waals surface area contributed by atoms with Crippen molar-refractivity contribution in [2.45, 2.75) is 19.1 Å². The molecule has 4 rings (SSSR count). The Kier molecular flexibility index (Phi) is 5.67. The lowest BCUT2D eigenvalue weighted by molar-refractivity contribution is -0.143. The third kappa shape index (κ3) is 4.35. The molecule has 0 aromatic heterocycles. The van der Waals surface area contributed by atoms with Gasteiger partial charge in [-0.15, -0.1) is 0 Å². The third-order valence-corrected chi connectivity index (χ3v) is 5.38. The maximum atomic E-state index is 12.8. The lowest BCUT2D eigenvalue weighted by Crippen LogP contribution is -2.57. The first-order chi connectivity index (χ1) is 14.1. The molecule has 1 fully saturated rings. The first-order valence-electron chi connectivity index (χ1n) is 9.89. The highest BCUT2D eigenvalue weighted by atomic mass is 16.6. The highest BCUT2D eigenvalue weighted by molar-refractivity contribution is 5.94. The summed E-state index contributed by atoms with van der Waals surface area (Å²) >= 11 is 0. The number of rotatable bonds is 4. The summed E-state index contributed by atoms with van der Waals surface area (Å²) in [7, 11) is 0. The number of carbonyl (C=O) groups excluding carboxylic acids is 2. The summed E-state index contributed by atoms with van der Waals surface area (Å²) in [5.74, 6) is 1.15. The second kappa shape index (κ2) is 8.53. The van der Waals surface area contributed by atoms with E-state index in [0.29, 0.717) is 37.7 Å². The topological polar surface area (TPSA) is 71.1 Å². The molecule has 1 saturated heterocycles. The fraction of sp³-hybridized carbons (Fsp3) is 0.364. The fourth-order valence-electron chi connectivity index (χ4n) is 3.61. The van der Waals surface area contributed by atoms with Crippen molar-refractivity contribution in [1.82, 2.24) is 9.80 Å². The highest BCUT2D eigenvalue weighted by Crippen LogP contribution is 2.31. The molecule has 29 heavy (non-hydrogen) atoms. The zero-order valence-corrected chi connectivity index (χ0v) is 16.4. The molecular weight excluding hydrogens is 370 g/mol. The standard InChI is InChI=1S/C22H25N3O4/c1-16(21(26)23-17-7-3-2-4-8-17)24-11-13-25(14-12-24)22(27)20-15-28-18-9-5-6-10-19(18)29-20/h2-10,16,20H,11-15H2,1H3,(H,23,26)/t16-,20+/m1/s1. The molecule has 2 aliphatic heterocycles. The molecular formula is C22H25N3O4. The van der Waals surface area contributed by atoms with Gasteiger partial charge in [0.25, 0.3) is 5.91 Å². The van der Waals surface area contributed by atoms with E-state index in [9.17, 15) is 9.59 Å². The minimum atomic E-state index is -0.629. The quantitative estimate of drug-likeness (QED) is 0.858. The van der Waals surface area contributed by atoms with Crippen LogP contribution in [0.5, 0.6) is 11.5 Å². The van der Waals surface area contributed by atoms with Gasteiger partial charge < -0.3 is 19.7 Å². The van der Waals surface area contributed by atoms with Crippen molar-refractivity contribution < 1.29 is 19.1 Å². The van der Waals surface area contributed by atoms with Crippen LogP contribution in [0.15, 0.2) is 54.6 Å². The van der Waals surface area contributed by atoms with Crippen LogP contribution in [0.3, 0.4) is 0 Å². The lowest BCUT2D eigenvalue weighted by Gasteiger charge is -2.39. The Morgan fingerprint density at radius 2 is 1.62 bits per heavy atom. The van der Waals surface area contributed by atoms with Gasteiger partial charge in [-0.3, -0.25) is 14.5 Å². The normalized spacial score (nSPS) is 20.0. The Bertz CT molecular complexity index is 865. The molecule has 0 radical (unpaired) electrons. The molecule has 2 heterocycles. The number of hydrogen-bond acceptors (Lipinski definition) is 5. The van der Waals surface area contributed by atoms with Gasteiger partial charge >= 0.3 is 0 Å². The number of anilines is 1. The second-order valence-electron chi connectivity index (χ2n) is 7.26. The number of amides is 2. The average Bonchev–Trinajstić information content (AvgIpc) is 2.78. The van der Waals surface area contributed by atoms with Gasteiger partial charge in [0.15, 0.2) is 11.5 Å². The minimum Gasteiger partial charge on any atom is -0.485 e. The zero-order chi connectivity index (χ0) is 20.2. The van der Waals surface area contributed by atoms with E-state index in [-0.39, 0.29) is 24.5 Å². The first kappa shape index (κ1) is 19.3. The van der Waals surface area contributed by atoms with E-state index < -0.39 is 6.10 Å². The molecule has 7 heteroatoms. The van der Waals surface area contributed by atoms with E-state index >= 15 is 0 Å².